The zero-order chi connectivity index (χ0) is 43.7. The van der Waals surface area contributed by atoms with Crippen LogP contribution in [0.1, 0.15) is 101 Å². The van der Waals surface area contributed by atoms with Gasteiger partial charge < -0.3 is 24.9 Å². The Balaban J connectivity index is 0.000000184. The van der Waals surface area contributed by atoms with Crippen molar-refractivity contribution in [1.82, 2.24) is 29.8 Å². The molecule has 0 aromatic heterocycles. The van der Waals surface area contributed by atoms with Crippen molar-refractivity contribution in [2.75, 3.05) is 84.4 Å². The number of carbonyl (C=O) groups excluding carboxylic acids is 2. The predicted molar refractivity (Wildman–Crippen MR) is 243 cm³/mol. The standard InChI is InChI=1S/C24H37N3O3S.C23H35N3O3S/c1-25(2)24(21-10-5-4-6-11-21)14-12-23(13-15-24)19-26(16-17-31(3,29)30)22(28)27(23)18-20-8-7-9-20;1-24-23(20-9-4-3-5-10-20)13-11-22(12-14-23)18-25(15-16-30(2,28)29)21(27)26(22)17-19-7-6-8-19/h4-6,10-11,20H,7-9,12-19H2,1-3H3;3-5,9-10,19,24H,6-8,11-18H2,1-2H3. The van der Waals surface area contributed by atoms with Crippen LogP contribution < -0.4 is 5.32 Å². The maximum absolute atomic E-state index is 13.4. The molecule has 6 fully saturated rings. The van der Waals surface area contributed by atoms with Crippen molar-refractivity contribution in [3.63, 3.8) is 0 Å². The molecule has 2 aliphatic heterocycles. The van der Waals surface area contributed by atoms with Gasteiger partial charge in [0, 0.05) is 62.9 Å². The second kappa shape index (κ2) is 18.1. The number of hydrogen-bond acceptors (Lipinski definition) is 8. The van der Waals surface area contributed by atoms with E-state index in [2.05, 4.69) is 88.7 Å². The lowest BCUT2D eigenvalue weighted by Gasteiger charge is -2.51. The largest absolute Gasteiger partial charge is 0.321 e. The zero-order valence-electron chi connectivity index (χ0n) is 37.5. The van der Waals surface area contributed by atoms with E-state index in [0.717, 1.165) is 64.5 Å². The van der Waals surface area contributed by atoms with Crippen molar-refractivity contribution >= 4 is 31.7 Å². The molecule has 1 N–H and O–H groups in total. The third-order valence-corrected chi connectivity index (χ3v) is 17.8. The summed E-state index contributed by atoms with van der Waals surface area (Å²) >= 11 is 0. The molecular weight excluding hydrogens is 809 g/mol. The first-order valence-electron chi connectivity index (χ1n) is 22.9. The van der Waals surface area contributed by atoms with E-state index in [0.29, 0.717) is 38.0 Å². The molecule has 0 bridgehead atoms. The molecular formula is C47H72N6O6S2. The van der Waals surface area contributed by atoms with Gasteiger partial charge in [0.1, 0.15) is 19.7 Å². The van der Waals surface area contributed by atoms with Crippen molar-refractivity contribution in [3.8, 4) is 0 Å². The molecule has 2 aromatic carbocycles. The summed E-state index contributed by atoms with van der Waals surface area (Å²) in [5, 5.41) is 3.59. The quantitative estimate of drug-likeness (QED) is 0.233. The molecule has 338 valence electrons. The Morgan fingerprint density at radius 2 is 1.00 bits per heavy atom. The fourth-order valence-electron chi connectivity index (χ4n) is 11.4. The maximum Gasteiger partial charge on any atom is 0.320 e. The van der Waals surface area contributed by atoms with Crippen LogP contribution in [-0.4, -0.2) is 149 Å². The average Bonchev–Trinajstić information content (AvgIpc) is 3.61. The molecule has 2 saturated heterocycles. The van der Waals surface area contributed by atoms with Gasteiger partial charge in [-0.05, 0) is 121 Å². The molecule has 2 heterocycles. The number of urea groups is 2. The smallest absolute Gasteiger partial charge is 0.320 e. The number of nitrogens with zero attached hydrogens (tertiary/aromatic N) is 5. The molecule has 14 heteroatoms. The Kier molecular flexibility index (Phi) is 13.6. The summed E-state index contributed by atoms with van der Waals surface area (Å²) in [5.74, 6) is 1.28. The van der Waals surface area contributed by atoms with Gasteiger partial charge in [0.15, 0.2) is 0 Å². The summed E-state index contributed by atoms with van der Waals surface area (Å²) in [5.41, 5.74) is 2.25. The Labute approximate surface area is 366 Å². The predicted octanol–water partition coefficient (Wildman–Crippen LogP) is 6.34. The molecule has 4 aliphatic carbocycles. The number of rotatable bonds is 14. The summed E-state index contributed by atoms with van der Waals surface area (Å²) < 4.78 is 46.9. The topological polar surface area (TPSA) is 131 Å². The van der Waals surface area contributed by atoms with Crippen LogP contribution in [0.15, 0.2) is 60.7 Å². The SMILES string of the molecule is CN(C)C1(c2ccccc2)CCC2(CC1)CN(CCS(C)(=O)=O)C(=O)N2CC1CCC1.CNC1(c2ccccc2)CCC2(CC1)CN(CCS(C)(=O)=O)C(=O)N2CC1CCC1. The number of benzene rings is 2. The minimum absolute atomic E-state index is 0.0160. The first kappa shape index (κ1) is 45.8. The Morgan fingerprint density at radius 3 is 1.34 bits per heavy atom. The van der Waals surface area contributed by atoms with Crippen LogP contribution in [0, 0.1) is 11.8 Å². The highest BCUT2D eigenvalue weighted by Gasteiger charge is 2.56. The van der Waals surface area contributed by atoms with E-state index in [-0.39, 0.29) is 45.7 Å². The minimum atomic E-state index is -3.10. The Hall–Kier alpha value is -3.20. The minimum Gasteiger partial charge on any atom is -0.321 e. The van der Waals surface area contributed by atoms with E-state index in [1.165, 1.54) is 62.2 Å². The van der Waals surface area contributed by atoms with E-state index < -0.39 is 19.7 Å². The lowest BCUT2D eigenvalue weighted by molar-refractivity contribution is 0.0160. The molecule has 0 radical (unpaired) electrons. The summed E-state index contributed by atoms with van der Waals surface area (Å²) in [7, 11) is 0.173. The number of nitrogens with one attached hydrogen (secondary N) is 1. The van der Waals surface area contributed by atoms with Gasteiger partial charge in [0.05, 0.1) is 22.6 Å². The summed E-state index contributed by atoms with van der Waals surface area (Å²) in [6, 6.07) is 21.4. The fraction of sp³-hybridized carbons (Fsp3) is 0.702. The normalized spacial score (nSPS) is 29.9. The van der Waals surface area contributed by atoms with Crippen molar-refractivity contribution in [2.45, 2.75) is 112 Å². The second-order valence-corrected chi connectivity index (χ2v) is 24.4. The zero-order valence-corrected chi connectivity index (χ0v) is 39.1. The van der Waals surface area contributed by atoms with Crippen molar-refractivity contribution in [3.05, 3.63) is 71.8 Å². The van der Waals surface area contributed by atoms with Gasteiger partial charge >= 0.3 is 12.1 Å². The molecule has 6 aliphatic rings. The van der Waals surface area contributed by atoms with Crippen LogP contribution in [0.25, 0.3) is 0 Å². The highest BCUT2D eigenvalue weighted by Crippen LogP contribution is 2.50. The van der Waals surface area contributed by atoms with Gasteiger partial charge in [-0.3, -0.25) is 4.90 Å². The molecule has 2 spiro atoms. The van der Waals surface area contributed by atoms with E-state index in [4.69, 9.17) is 0 Å². The lowest BCUT2D eigenvalue weighted by atomic mass is 9.68. The highest BCUT2D eigenvalue weighted by atomic mass is 32.2. The lowest BCUT2D eigenvalue weighted by Crippen LogP contribution is -2.56. The van der Waals surface area contributed by atoms with Gasteiger partial charge in [-0.25, -0.2) is 26.4 Å². The first-order valence-corrected chi connectivity index (χ1v) is 27.0. The number of sulfone groups is 2. The summed E-state index contributed by atoms with van der Waals surface area (Å²) in [6.07, 6.45) is 17.6. The average molecular weight is 881 g/mol. The molecule has 0 unspecified atom stereocenters. The molecule has 8 rings (SSSR count). The first-order chi connectivity index (χ1) is 28.9. The van der Waals surface area contributed by atoms with Crippen molar-refractivity contribution < 1.29 is 26.4 Å². The third kappa shape index (κ3) is 9.82. The Morgan fingerprint density at radius 1 is 0.607 bits per heavy atom. The molecule has 61 heavy (non-hydrogen) atoms. The van der Waals surface area contributed by atoms with Crippen molar-refractivity contribution in [2.24, 2.45) is 11.8 Å². The number of amides is 4. The molecule has 4 saturated carbocycles. The van der Waals surface area contributed by atoms with Crippen LogP contribution in [0.4, 0.5) is 9.59 Å². The summed E-state index contributed by atoms with van der Waals surface area (Å²) in [4.78, 5) is 36.9. The van der Waals surface area contributed by atoms with Crippen molar-refractivity contribution in [1.29, 1.82) is 0 Å². The van der Waals surface area contributed by atoms with E-state index in [1.54, 1.807) is 4.90 Å². The molecule has 12 nitrogen and oxygen atoms in total. The van der Waals surface area contributed by atoms with Crippen LogP contribution in [0.3, 0.4) is 0 Å². The van der Waals surface area contributed by atoms with E-state index in [9.17, 15) is 26.4 Å². The van der Waals surface area contributed by atoms with Gasteiger partial charge in [0.25, 0.3) is 0 Å². The van der Waals surface area contributed by atoms with Gasteiger partial charge in [-0.15, -0.1) is 0 Å². The van der Waals surface area contributed by atoms with E-state index >= 15 is 0 Å². The monoisotopic (exact) mass is 880 g/mol. The van der Waals surface area contributed by atoms with Gasteiger partial charge in [-0.2, -0.15) is 0 Å². The van der Waals surface area contributed by atoms with E-state index in [1.807, 2.05) is 18.0 Å². The maximum atomic E-state index is 13.4. The fourth-order valence-corrected chi connectivity index (χ4v) is 12.5. The highest BCUT2D eigenvalue weighted by molar-refractivity contribution is 7.90. The summed E-state index contributed by atoms with van der Waals surface area (Å²) in [6.45, 7) is 3.57. The van der Waals surface area contributed by atoms with Crippen LogP contribution in [-0.2, 0) is 30.8 Å². The third-order valence-electron chi connectivity index (χ3n) is 15.9. The Bertz CT molecular complexity index is 2040. The number of hydrogen-bond donors (Lipinski definition) is 1. The van der Waals surface area contributed by atoms with Crippen LogP contribution in [0.5, 0.6) is 0 Å². The molecule has 4 amide bonds. The van der Waals surface area contributed by atoms with Crippen LogP contribution >= 0.6 is 0 Å². The van der Waals surface area contributed by atoms with Gasteiger partial charge in [-0.1, -0.05) is 73.5 Å². The molecule has 0 atom stereocenters. The molecule has 2 aromatic rings. The number of carbonyl (C=O) groups is 2. The van der Waals surface area contributed by atoms with Crippen LogP contribution in [0.2, 0.25) is 0 Å². The van der Waals surface area contributed by atoms with Gasteiger partial charge in [0.2, 0.25) is 0 Å². The second-order valence-electron chi connectivity index (χ2n) is 19.9.